The number of carbonyl (C=O) groups excluding carboxylic acids is 1. The molecule has 1 rings (SSSR count). The van der Waals surface area contributed by atoms with Crippen molar-refractivity contribution in [2.24, 2.45) is 5.92 Å². The molecule has 0 aromatic carbocycles. The fraction of sp³-hybridized carbons (Fsp3) is 0.923. The predicted octanol–water partition coefficient (Wildman–Crippen LogP) is 1.26. The lowest BCUT2D eigenvalue weighted by Gasteiger charge is -2.28. The summed E-state index contributed by atoms with van der Waals surface area (Å²) in [4.78, 5) is 13.9. The molecule has 17 heavy (non-hydrogen) atoms. The van der Waals surface area contributed by atoms with Gasteiger partial charge in [-0.25, -0.2) is 0 Å². The van der Waals surface area contributed by atoms with Crippen LogP contribution in [-0.2, 0) is 9.53 Å². The third-order valence-corrected chi connectivity index (χ3v) is 3.42. The third kappa shape index (κ3) is 5.04. The van der Waals surface area contributed by atoms with Crippen molar-refractivity contribution < 1.29 is 9.53 Å². The number of hydrogen-bond donors (Lipinski definition) is 1. The average molecular weight is 242 g/mol. The summed E-state index contributed by atoms with van der Waals surface area (Å²) in [5.41, 5.74) is 0. The van der Waals surface area contributed by atoms with Gasteiger partial charge in [0, 0.05) is 12.6 Å². The minimum absolute atomic E-state index is 0.0313. The van der Waals surface area contributed by atoms with Gasteiger partial charge in [0.2, 0.25) is 0 Å². The topological polar surface area (TPSA) is 41.6 Å². The highest BCUT2D eigenvalue weighted by Crippen LogP contribution is 2.13. The van der Waals surface area contributed by atoms with Crippen LogP contribution >= 0.6 is 0 Å². The second-order valence-corrected chi connectivity index (χ2v) is 4.93. The van der Waals surface area contributed by atoms with E-state index in [2.05, 4.69) is 17.3 Å². The summed E-state index contributed by atoms with van der Waals surface area (Å²) >= 11 is 0. The minimum atomic E-state index is -0.0777. The van der Waals surface area contributed by atoms with Gasteiger partial charge >= 0.3 is 5.97 Å². The molecule has 4 nitrogen and oxygen atoms in total. The first-order valence-corrected chi connectivity index (χ1v) is 6.72. The third-order valence-electron chi connectivity index (χ3n) is 3.42. The van der Waals surface area contributed by atoms with E-state index in [1.54, 1.807) is 0 Å². The smallest absolute Gasteiger partial charge is 0.309 e. The second-order valence-electron chi connectivity index (χ2n) is 4.93. The van der Waals surface area contributed by atoms with E-state index in [1.165, 1.54) is 19.3 Å². The number of ether oxygens (including phenoxy) is 1. The summed E-state index contributed by atoms with van der Waals surface area (Å²) in [6.07, 6.45) is 3.62. The Kier molecular flexibility index (Phi) is 6.52. The normalized spacial score (nSPS) is 23.2. The zero-order chi connectivity index (χ0) is 12.7. The van der Waals surface area contributed by atoms with Crippen molar-refractivity contribution >= 4 is 5.97 Å². The maximum atomic E-state index is 11.6. The molecule has 100 valence electrons. The van der Waals surface area contributed by atoms with Crippen molar-refractivity contribution in [3.63, 3.8) is 0 Å². The Bertz CT molecular complexity index is 225. The summed E-state index contributed by atoms with van der Waals surface area (Å²) < 4.78 is 5.04. The number of carbonyl (C=O) groups is 1. The molecule has 1 fully saturated rings. The quantitative estimate of drug-likeness (QED) is 0.737. The number of esters is 1. The van der Waals surface area contributed by atoms with Crippen LogP contribution in [0.5, 0.6) is 0 Å². The lowest BCUT2D eigenvalue weighted by Crippen LogP contribution is -2.38. The van der Waals surface area contributed by atoms with E-state index in [4.69, 9.17) is 4.74 Å². The fourth-order valence-electron chi connectivity index (χ4n) is 2.38. The van der Waals surface area contributed by atoms with Crippen LogP contribution < -0.4 is 5.32 Å². The number of hydrogen-bond acceptors (Lipinski definition) is 4. The molecule has 4 heteroatoms. The van der Waals surface area contributed by atoms with Crippen molar-refractivity contribution in [2.75, 3.05) is 33.3 Å². The first-order chi connectivity index (χ1) is 8.15. The molecular weight excluding hydrogens is 216 g/mol. The molecule has 2 unspecified atom stereocenters. The van der Waals surface area contributed by atoms with Gasteiger partial charge in [-0.05, 0) is 46.3 Å². The monoisotopic (exact) mass is 242 g/mol. The van der Waals surface area contributed by atoms with E-state index in [0.717, 1.165) is 19.6 Å². The van der Waals surface area contributed by atoms with Gasteiger partial charge in [-0.1, -0.05) is 6.92 Å². The highest BCUT2D eigenvalue weighted by atomic mass is 16.5. The van der Waals surface area contributed by atoms with Crippen LogP contribution in [0.4, 0.5) is 0 Å². The Balaban J connectivity index is 2.35. The Morgan fingerprint density at radius 1 is 1.47 bits per heavy atom. The molecule has 1 heterocycles. The maximum absolute atomic E-state index is 11.6. The van der Waals surface area contributed by atoms with Crippen molar-refractivity contribution in [2.45, 2.75) is 39.2 Å². The molecule has 0 aromatic heterocycles. The van der Waals surface area contributed by atoms with Crippen molar-refractivity contribution in [1.82, 2.24) is 10.2 Å². The first-order valence-electron chi connectivity index (χ1n) is 6.72. The summed E-state index contributed by atoms with van der Waals surface area (Å²) in [5, 5.41) is 3.41. The Morgan fingerprint density at radius 2 is 2.24 bits per heavy atom. The Hall–Kier alpha value is -0.610. The number of nitrogens with one attached hydrogen (secondary N) is 1. The molecule has 1 N–H and O–H groups in total. The van der Waals surface area contributed by atoms with E-state index in [-0.39, 0.29) is 11.9 Å². The van der Waals surface area contributed by atoms with E-state index >= 15 is 0 Å². The van der Waals surface area contributed by atoms with Crippen molar-refractivity contribution in [3.8, 4) is 0 Å². The zero-order valence-corrected chi connectivity index (χ0v) is 11.4. The predicted molar refractivity (Wildman–Crippen MR) is 68.9 cm³/mol. The zero-order valence-electron chi connectivity index (χ0n) is 11.4. The van der Waals surface area contributed by atoms with Gasteiger partial charge in [-0.3, -0.25) is 4.79 Å². The van der Waals surface area contributed by atoms with Gasteiger partial charge in [0.05, 0.1) is 12.5 Å². The van der Waals surface area contributed by atoms with E-state index < -0.39 is 0 Å². The van der Waals surface area contributed by atoms with Crippen LogP contribution in [0.25, 0.3) is 0 Å². The maximum Gasteiger partial charge on any atom is 0.309 e. The summed E-state index contributed by atoms with van der Waals surface area (Å²) in [6.45, 7) is 7.28. The SMILES string of the molecule is CCOC(=O)C(C)CN(C)C1CCCNCC1. The van der Waals surface area contributed by atoms with Crippen LogP contribution in [0.3, 0.4) is 0 Å². The summed E-state index contributed by atoms with van der Waals surface area (Å²) in [7, 11) is 2.12. The average Bonchev–Trinajstić information content (AvgIpc) is 2.57. The summed E-state index contributed by atoms with van der Waals surface area (Å²) in [5.74, 6) is -0.109. The molecule has 0 radical (unpaired) electrons. The molecule has 0 saturated carbocycles. The van der Waals surface area contributed by atoms with Crippen molar-refractivity contribution in [3.05, 3.63) is 0 Å². The van der Waals surface area contributed by atoms with Crippen LogP contribution in [0.2, 0.25) is 0 Å². The fourth-order valence-corrected chi connectivity index (χ4v) is 2.38. The second kappa shape index (κ2) is 7.67. The molecule has 0 amide bonds. The van der Waals surface area contributed by atoms with Gasteiger partial charge in [-0.2, -0.15) is 0 Å². The lowest BCUT2D eigenvalue weighted by molar-refractivity contribution is -0.148. The number of rotatable bonds is 5. The molecule has 0 bridgehead atoms. The van der Waals surface area contributed by atoms with Gasteiger partial charge < -0.3 is 15.0 Å². The standard InChI is InChI=1S/C13H26N2O2/c1-4-17-13(16)11(2)10-15(3)12-6-5-8-14-9-7-12/h11-12,14H,4-10H2,1-3H3. The molecule has 1 aliphatic heterocycles. The van der Waals surface area contributed by atoms with Gasteiger partial charge in [-0.15, -0.1) is 0 Å². The lowest BCUT2D eigenvalue weighted by atomic mass is 10.1. The largest absolute Gasteiger partial charge is 0.466 e. The highest BCUT2D eigenvalue weighted by Gasteiger charge is 2.21. The molecule has 0 spiro atoms. The Morgan fingerprint density at radius 3 is 2.94 bits per heavy atom. The molecular formula is C13H26N2O2. The van der Waals surface area contributed by atoms with Crippen LogP contribution in [0.15, 0.2) is 0 Å². The number of nitrogens with zero attached hydrogens (tertiary/aromatic N) is 1. The first kappa shape index (κ1) is 14.5. The molecule has 0 aliphatic carbocycles. The Labute approximate surface area is 105 Å². The molecule has 1 saturated heterocycles. The molecule has 2 atom stereocenters. The van der Waals surface area contributed by atoms with Gasteiger partial charge in [0.15, 0.2) is 0 Å². The van der Waals surface area contributed by atoms with Crippen LogP contribution in [-0.4, -0.2) is 50.2 Å². The van der Waals surface area contributed by atoms with Crippen molar-refractivity contribution in [1.29, 1.82) is 0 Å². The van der Waals surface area contributed by atoms with E-state index in [0.29, 0.717) is 12.6 Å². The van der Waals surface area contributed by atoms with Gasteiger partial charge in [0.1, 0.15) is 0 Å². The molecule has 1 aliphatic rings. The van der Waals surface area contributed by atoms with E-state index in [1.807, 2.05) is 13.8 Å². The minimum Gasteiger partial charge on any atom is -0.466 e. The van der Waals surface area contributed by atoms with Crippen LogP contribution in [0, 0.1) is 5.92 Å². The molecule has 0 aromatic rings. The summed E-state index contributed by atoms with van der Waals surface area (Å²) in [6, 6.07) is 0.599. The van der Waals surface area contributed by atoms with Gasteiger partial charge in [0.25, 0.3) is 0 Å². The highest BCUT2D eigenvalue weighted by molar-refractivity contribution is 5.72. The van der Waals surface area contributed by atoms with Crippen LogP contribution in [0.1, 0.15) is 33.1 Å². The van der Waals surface area contributed by atoms with E-state index in [9.17, 15) is 4.79 Å².